The third kappa shape index (κ3) is 4.54. The summed E-state index contributed by atoms with van der Waals surface area (Å²) in [6.07, 6.45) is 2.09. The molecule has 0 atom stereocenters. The van der Waals surface area contributed by atoms with Crippen molar-refractivity contribution in [3.8, 4) is 0 Å². The summed E-state index contributed by atoms with van der Waals surface area (Å²) in [5.41, 5.74) is 4.84. The van der Waals surface area contributed by atoms with Crippen LogP contribution in [0.5, 0.6) is 0 Å². The first-order chi connectivity index (χ1) is 15.6. The fourth-order valence-electron chi connectivity index (χ4n) is 4.66. The van der Waals surface area contributed by atoms with Crippen molar-refractivity contribution >= 4 is 45.7 Å². The SMILES string of the molecule is Clc1ccc(C(c2ccc(Cl)cc2)N2CCN(Cc3c[nH]c4cccc(Cl)c34)CC2)cc1. The molecule has 5 rings (SSSR count). The molecule has 1 aliphatic heterocycles. The summed E-state index contributed by atoms with van der Waals surface area (Å²) in [6.45, 7) is 4.84. The predicted molar refractivity (Wildman–Crippen MR) is 135 cm³/mol. The number of benzene rings is 3. The molecule has 1 saturated heterocycles. The molecule has 1 N–H and O–H groups in total. The highest BCUT2D eigenvalue weighted by Crippen LogP contribution is 2.32. The fourth-order valence-corrected chi connectivity index (χ4v) is 5.21. The van der Waals surface area contributed by atoms with Gasteiger partial charge < -0.3 is 4.98 Å². The summed E-state index contributed by atoms with van der Waals surface area (Å²) in [6, 6.07) is 22.6. The molecule has 0 spiro atoms. The van der Waals surface area contributed by atoms with E-state index in [-0.39, 0.29) is 6.04 Å². The van der Waals surface area contributed by atoms with Crippen molar-refractivity contribution < 1.29 is 0 Å². The molecule has 0 unspecified atom stereocenters. The molecule has 32 heavy (non-hydrogen) atoms. The van der Waals surface area contributed by atoms with Crippen molar-refractivity contribution in [2.24, 2.45) is 0 Å². The molecule has 0 radical (unpaired) electrons. The van der Waals surface area contributed by atoms with E-state index in [9.17, 15) is 0 Å². The second-order valence-corrected chi connectivity index (χ2v) is 9.57. The van der Waals surface area contributed by atoms with Gasteiger partial charge in [0.1, 0.15) is 0 Å². The van der Waals surface area contributed by atoms with Gasteiger partial charge in [-0.15, -0.1) is 0 Å². The molecular weight excluding hydrogens is 461 g/mol. The van der Waals surface area contributed by atoms with Crippen molar-refractivity contribution in [1.82, 2.24) is 14.8 Å². The quantitative estimate of drug-likeness (QED) is 0.328. The zero-order valence-corrected chi connectivity index (χ0v) is 19.8. The number of hydrogen-bond donors (Lipinski definition) is 1. The molecule has 1 aliphatic rings. The van der Waals surface area contributed by atoms with Crippen molar-refractivity contribution in [3.63, 3.8) is 0 Å². The number of piperazine rings is 1. The largest absolute Gasteiger partial charge is 0.361 e. The zero-order valence-electron chi connectivity index (χ0n) is 17.6. The highest BCUT2D eigenvalue weighted by atomic mass is 35.5. The van der Waals surface area contributed by atoms with Crippen LogP contribution in [0.25, 0.3) is 10.9 Å². The number of rotatable bonds is 5. The minimum atomic E-state index is 0.175. The molecular formula is C26H24Cl3N3. The highest BCUT2D eigenvalue weighted by molar-refractivity contribution is 6.35. The summed E-state index contributed by atoms with van der Waals surface area (Å²) in [7, 11) is 0. The van der Waals surface area contributed by atoms with Crippen LogP contribution in [0.15, 0.2) is 72.9 Å². The first kappa shape index (κ1) is 21.8. The lowest BCUT2D eigenvalue weighted by atomic mass is 9.96. The smallest absolute Gasteiger partial charge is 0.0602 e. The topological polar surface area (TPSA) is 22.3 Å². The Kier molecular flexibility index (Phi) is 6.45. The summed E-state index contributed by atoms with van der Waals surface area (Å²) in [4.78, 5) is 8.40. The van der Waals surface area contributed by atoms with E-state index in [1.165, 1.54) is 16.7 Å². The van der Waals surface area contributed by atoms with Gasteiger partial charge in [0, 0.05) is 59.9 Å². The molecule has 0 aliphatic carbocycles. The molecule has 4 aromatic rings. The molecule has 0 bridgehead atoms. The van der Waals surface area contributed by atoms with E-state index in [0.717, 1.165) is 58.7 Å². The Hall–Kier alpha value is -2.01. The third-order valence-corrected chi connectivity index (χ3v) is 7.09. The first-order valence-electron chi connectivity index (χ1n) is 10.8. The normalized spacial score (nSPS) is 15.6. The second kappa shape index (κ2) is 9.46. The minimum absolute atomic E-state index is 0.175. The average Bonchev–Trinajstić information content (AvgIpc) is 3.22. The van der Waals surface area contributed by atoms with E-state index in [2.05, 4.69) is 51.3 Å². The Morgan fingerprint density at radius 2 is 1.34 bits per heavy atom. The Bertz CT molecular complexity index is 1150. The Labute approximate surface area is 203 Å². The van der Waals surface area contributed by atoms with Gasteiger partial charge in [0.15, 0.2) is 0 Å². The maximum absolute atomic E-state index is 6.48. The van der Waals surface area contributed by atoms with E-state index in [0.29, 0.717) is 0 Å². The van der Waals surface area contributed by atoms with Crippen LogP contribution in [0.4, 0.5) is 0 Å². The molecule has 0 amide bonds. The van der Waals surface area contributed by atoms with Crippen LogP contribution in [0, 0.1) is 0 Å². The van der Waals surface area contributed by atoms with E-state index in [1.54, 1.807) is 0 Å². The number of aromatic amines is 1. The minimum Gasteiger partial charge on any atom is -0.361 e. The van der Waals surface area contributed by atoms with Crippen molar-refractivity contribution in [1.29, 1.82) is 0 Å². The monoisotopic (exact) mass is 483 g/mol. The number of aromatic nitrogens is 1. The standard InChI is InChI=1S/C26H24Cl3N3/c27-21-8-4-18(5-9-21)26(19-6-10-22(28)11-7-19)32-14-12-31(13-15-32)17-20-16-30-24-3-1-2-23(29)25(20)24/h1-11,16,26,30H,12-15,17H2. The number of nitrogens with zero attached hydrogens (tertiary/aromatic N) is 2. The Balaban J connectivity index is 1.34. The van der Waals surface area contributed by atoms with E-state index < -0.39 is 0 Å². The molecule has 3 aromatic carbocycles. The van der Waals surface area contributed by atoms with Crippen molar-refractivity contribution in [2.45, 2.75) is 12.6 Å². The predicted octanol–water partition coefficient (Wildman–Crippen LogP) is 7.04. The fraction of sp³-hybridized carbons (Fsp3) is 0.231. The maximum Gasteiger partial charge on any atom is 0.0602 e. The maximum atomic E-state index is 6.48. The molecule has 0 saturated carbocycles. The summed E-state index contributed by atoms with van der Waals surface area (Å²) in [5, 5.41) is 3.45. The number of hydrogen-bond acceptors (Lipinski definition) is 2. The van der Waals surface area contributed by atoms with Gasteiger partial charge in [-0.1, -0.05) is 65.1 Å². The van der Waals surface area contributed by atoms with Crippen LogP contribution in [-0.2, 0) is 6.54 Å². The molecule has 6 heteroatoms. The molecule has 2 heterocycles. The Morgan fingerprint density at radius 3 is 1.94 bits per heavy atom. The van der Waals surface area contributed by atoms with Gasteiger partial charge in [-0.2, -0.15) is 0 Å². The molecule has 164 valence electrons. The van der Waals surface area contributed by atoms with Gasteiger partial charge in [-0.05, 0) is 53.1 Å². The Morgan fingerprint density at radius 1 is 0.750 bits per heavy atom. The van der Waals surface area contributed by atoms with Gasteiger partial charge in [0.2, 0.25) is 0 Å². The lowest BCUT2D eigenvalue weighted by molar-refractivity contribution is 0.105. The highest BCUT2D eigenvalue weighted by Gasteiger charge is 2.27. The van der Waals surface area contributed by atoms with Crippen LogP contribution in [0.2, 0.25) is 15.1 Å². The van der Waals surface area contributed by atoms with E-state index in [1.807, 2.05) is 36.4 Å². The summed E-state index contributed by atoms with van der Waals surface area (Å²) in [5.74, 6) is 0. The second-order valence-electron chi connectivity index (χ2n) is 8.29. The number of H-pyrrole nitrogens is 1. The zero-order chi connectivity index (χ0) is 22.1. The summed E-state index contributed by atoms with van der Waals surface area (Å²) >= 11 is 18.8. The summed E-state index contributed by atoms with van der Waals surface area (Å²) < 4.78 is 0. The van der Waals surface area contributed by atoms with Crippen molar-refractivity contribution in [3.05, 3.63) is 105 Å². The van der Waals surface area contributed by atoms with Gasteiger partial charge in [0.25, 0.3) is 0 Å². The molecule has 1 aromatic heterocycles. The number of nitrogens with one attached hydrogen (secondary N) is 1. The van der Waals surface area contributed by atoms with Crippen molar-refractivity contribution in [2.75, 3.05) is 26.2 Å². The van der Waals surface area contributed by atoms with Gasteiger partial charge in [0.05, 0.1) is 11.1 Å². The van der Waals surface area contributed by atoms with Crippen LogP contribution in [0.1, 0.15) is 22.7 Å². The van der Waals surface area contributed by atoms with Crippen LogP contribution in [-0.4, -0.2) is 41.0 Å². The van der Waals surface area contributed by atoms with Crippen LogP contribution in [0.3, 0.4) is 0 Å². The average molecular weight is 485 g/mol. The van der Waals surface area contributed by atoms with Gasteiger partial charge >= 0.3 is 0 Å². The first-order valence-corrected chi connectivity index (χ1v) is 11.9. The van der Waals surface area contributed by atoms with E-state index >= 15 is 0 Å². The molecule has 1 fully saturated rings. The lowest BCUT2D eigenvalue weighted by Crippen LogP contribution is -2.47. The number of halogens is 3. The lowest BCUT2D eigenvalue weighted by Gasteiger charge is -2.39. The number of fused-ring (bicyclic) bond motifs is 1. The van der Waals surface area contributed by atoms with Gasteiger partial charge in [-0.25, -0.2) is 0 Å². The van der Waals surface area contributed by atoms with Gasteiger partial charge in [-0.3, -0.25) is 9.80 Å². The van der Waals surface area contributed by atoms with E-state index in [4.69, 9.17) is 34.8 Å². The van der Waals surface area contributed by atoms with Crippen LogP contribution < -0.4 is 0 Å². The molecule has 3 nitrogen and oxygen atoms in total. The third-order valence-electron chi connectivity index (χ3n) is 6.27. The van der Waals surface area contributed by atoms with Crippen LogP contribution >= 0.6 is 34.8 Å².